The van der Waals surface area contributed by atoms with Gasteiger partial charge in [0.1, 0.15) is 0 Å². The van der Waals surface area contributed by atoms with E-state index in [0.29, 0.717) is 19.0 Å². The van der Waals surface area contributed by atoms with Gasteiger partial charge in [0, 0.05) is 13.1 Å². The molecule has 4 nitrogen and oxygen atoms in total. The van der Waals surface area contributed by atoms with Gasteiger partial charge in [-0.15, -0.1) is 30.6 Å². The van der Waals surface area contributed by atoms with E-state index in [4.69, 9.17) is 5.73 Å². The Bertz CT molecular complexity index is 416. The molecule has 0 bridgehead atoms. The summed E-state index contributed by atoms with van der Waals surface area (Å²) >= 11 is 0. The maximum absolute atomic E-state index is 5.74. The van der Waals surface area contributed by atoms with Crippen molar-refractivity contribution in [3.8, 4) is 0 Å². The number of nitrogens with one attached hydrogen (secondary N) is 1. The molecule has 106 valence electrons. The van der Waals surface area contributed by atoms with Gasteiger partial charge in [0.25, 0.3) is 0 Å². The number of benzene rings is 1. The maximum Gasteiger partial charge on any atom is 0.189 e. The predicted molar refractivity (Wildman–Crippen MR) is 92.8 cm³/mol. The monoisotopic (exact) mass is 374 g/mol. The number of rotatable bonds is 6. The van der Waals surface area contributed by atoms with Crippen LogP contribution in [0.5, 0.6) is 0 Å². The molecule has 0 fully saturated rings. The van der Waals surface area contributed by atoms with Crippen LogP contribution in [0.15, 0.2) is 41.9 Å². The van der Waals surface area contributed by atoms with Gasteiger partial charge < -0.3 is 16.0 Å². The van der Waals surface area contributed by atoms with Gasteiger partial charge in [0.2, 0.25) is 0 Å². The topological polar surface area (TPSA) is 53.6 Å². The van der Waals surface area contributed by atoms with Gasteiger partial charge in [0.15, 0.2) is 5.96 Å². The highest BCUT2D eigenvalue weighted by Crippen LogP contribution is 2.11. The van der Waals surface area contributed by atoms with Gasteiger partial charge in [-0.1, -0.05) is 30.3 Å². The Kier molecular flexibility index (Phi) is 9.24. The fourth-order valence-electron chi connectivity index (χ4n) is 1.61. The summed E-state index contributed by atoms with van der Waals surface area (Å²) in [5.74, 6) is 0.453. The quantitative estimate of drug-likeness (QED) is 0.347. The average Bonchev–Trinajstić information content (AvgIpc) is 2.34. The van der Waals surface area contributed by atoms with Crippen LogP contribution in [0.4, 0.5) is 0 Å². The second kappa shape index (κ2) is 9.80. The molecule has 1 aromatic carbocycles. The van der Waals surface area contributed by atoms with Gasteiger partial charge >= 0.3 is 0 Å². The highest BCUT2D eigenvalue weighted by molar-refractivity contribution is 14.0. The molecule has 0 radical (unpaired) electrons. The summed E-state index contributed by atoms with van der Waals surface area (Å²) in [7, 11) is 4.11. The first-order valence-electron chi connectivity index (χ1n) is 5.99. The van der Waals surface area contributed by atoms with Crippen LogP contribution in [0.2, 0.25) is 0 Å². The molecule has 0 atom stereocenters. The van der Waals surface area contributed by atoms with Crippen molar-refractivity contribution in [2.24, 2.45) is 10.7 Å². The molecule has 0 saturated heterocycles. The summed E-state index contributed by atoms with van der Waals surface area (Å²) < 4.78 is 0. The predicted octanol–water partition coefficient (Wildman–Crippen LogP) is 1.96. The zero-order chi connectivity index (χ0) is 13.4. The van der Waals surface area contributed by atoms with E-state index >= 15 is 0 Å². The van der Waals surface area contributed by atoms with Gasteiger partial charge in [-0.2, -0.15) is 0 Å². The van der Waals surface area contributed by atoms with Crippen LogP contribution in [0, 0.1) is 0 Å². The second-order valence-corrected chi connectivity index (χ2v) is 4.38. The van der Waals surface area contributed by atoms with Crippen molar-refractivity contribution in [2.75, 3.05) is 20.6 Å². The minimum atomic E-state index is 0. The highest BCUT2D eigenvalue weighted by atomic mass is 127. The molecule has 0 amide bonds. The Morgan fingerprint density at radius 3 is 2.58 bits per heavy atom. The van der Waals surface area contributed by atoms with Crippen molar-refractivity contribution < 1.29 is 0 Å². The van der Waals surface area contributed by atoms with Crippen molar-refractivity contribution in [3.05, 3.63) is 48.0 Å². The molecular weight excluding hydrogens is 351 g/mol. The van der Waals surface area contributed by atoms with Crippen LogP contribution in [0.1, 0.15) is 11.1 Å². The van der Waals surface area contributed by atoms with E-state index in [1.807, 2.05) is 12.1 Å². The SMILES string of the molecule is C=CCNC(N)=NCc1ccccc1CN(C)C.I. The van der Waals surface area contributed by atoms with Crippen molar-refractivity contribution in [3.63, 3.8) is 0 Å². The molecule has 19 heavy (non-hydrogen) atoms. The van der Waals surface area contributed by atoms with Crippen molar-refractivity contribution in [1.82, 2.24) is 10.2 Å². The van der Waals surface area contributed by atoms with E-state index in [2.05, 4.69) is 48.0 Å². The summed E-state index contributed by atoms with van der Waals surface area (Å²) in [4.78, 5) is 6.46. The van der Waals surface area contributed by atoms with Gasteiger partial charge in [-0.05, 0) is 25.2 Å². The molecule has 1 rings (SSSR count). The second-order valence-electron chi connectivity index (χ2n) is 4.38. The molecular formula is C14H23IN4. The van der Waals surface area contributed by atoms with E-state index < -0.39 is 0 Å². The smallest absolute Gasteiger partial charge is 0.189 e. The molecule has 0 unspecified atom stereocenters. The van der Waals surface area contributed by atoms with Gasteiger partial charge in [0.05, 0.1) is 6.54 Å². The van der Waals surface area contributed by atoms with Crippen molar-refractivity contribution >= 4 is 29.9 Å². The molecule has 3 N–H and O–H groups in total. The molecule has 0 spiro atoms. The number of aliphatic imine (C=N–C) groups is 1. The summed E-state index contributed by atoms with van der Waals surface area (Å²) in [5.41, 5.74) is 8.22. The molecule has 0 aromatic heterocycles. The molecule has 0 saturated carbocycles. The Morgan fingerprint density at radius 1 is 1.37 bits per heavy atom. The Morgan fingerprint density at radius 2 is 2.00 bits per heavy atom. The fraction of sp³-hybridized carbons (Fsp3) is 0.357. The maximum atomic E-state index is 5.74. The zero-order valence-electron chi connectivity index (χ0n) is 11.6. The van der Waals surface area contributed by atoms with Crippen LogP contribution < -0.4 is 11.1 Å². The third kappa shape index (κ3) is 7.17. The van der Waals surface area contributed by atoms with E-state index in [1.54, 1.807) is 6.08 Å². The largest absolute Gasteiger partial charge is 0.370 e. The van der Waals surface area contributed by atoms with E-state index in [1.165, 1.54) is 11.1 Å². The van der Waals surface area contributed by atoms with Gasteiger partial charge in [-0.25, -0.2) is 4.99 Å². The number of guanidine groups is 1. The molecule has 0 aliphatic carbocycles. The minimum Gasteiger partial charge on any atom is -0.370 e. The number of nitrogens with two attached hydrogens (primary N) is 1. The van der Waals surface area contributed by atoms with Crippen LogP contribution in [0.3, 0.4) is 0 Å². The Balaban J connectivity index is 0.00000324. The Hall–Kier alpha value is -1.08. The first-order chi connectivity index (χ1) is 8.63. The summed E-state index contributed by atoms with van der Waals surface area (Å²) in [6.07, 6.45) is 1.75. The van der Waals surface area contributed by atoms with Crippen molar-refractivity contribution in [2.45, 2.75) is 13.1 Å². The molecule has 1 aromatic rings. The lowest BCUT2D eigenvalue weighted by Crippen LogP contribution is -2.31. The summed E-state index contributed by atoms with van der Waals surface area (Å²) in [6.45, 7) is 5.76. The Labute approximate surface area is 132 Å². The lowest BCUT2D eigenvalue weighted by Gasteiger charge is -2.13. The van der Waals surface area contributed by atoms with Gasteiger partial charge in [-0.3, -0.25) is 0 Å². The summed E-state index contributed by atoms with van der Waals surface area (Å²) in [6, 6.07) is 8.28. The normalized spacial score (nSPS) is 11.0. The van der Waals surface area contributed by atoms with Crippen LogP contribution in [-0.2, 0) is 13.1 Å². The summed E-state index contributed by atoms with van der Waals surface area (Å²) in [5, 5.41) is 2.96. The standard InChI is InChI=1S/C14H22N4.HI/c1-4-9-16-14(15)17-10-12-7-5-6-8-13(12)11-18(2)3;/h4-8H,1,9-11H2,2-3H3,(H3,15,16,17);1H. The highest BCUT2D eigenvalue weighted by Gasteiger charge is 2.02. The lowest BCUT2D eigenvalue weighted by molar-refractivity contribution is 0.401. The lowest BCUT2D eigenvalue weighted by atomic mass is 10.1. The van der Waals surface area contributed by atoms with E-state index in [0.717, 1.165) is 6.54 Å². The third-order valence-electron chi connectivity index (χ3n) is 2.45. The first-order valence-corrected chi connectivity index (χ1v) is 5.99. The number of hydrogen-bond acceptors (Lipinski definition) is 2. The van der Waals surface area contributed by atoms with E-state index in [9.17, 15) is 0 Å². The number of halogens is 1. The average molecular weight is 374 g/mol. The van der Waals surface area contributed by atoms with E-state index in [-0.39, 0.29) is 24.0 Å². The number of hydrogen-bond donors (Lipinski definition) is 2. The fourth-order valence-corrected chi connectivity index (χ4v) is 1.61. The molecule has 0 aliphatic rings. The number of nitrogens with zero attached hydrogens (tertiary/aromatic N) is 2. The molecule has 0 heterocycles. The molecule has 0 aliphatic heterocycles. The molecule has 5 heteroatoms. The van der Waals surface area contributed by atoms with Crippen LogP contribution in [-0.4, -0.2) is 31.5 Å². The zero-order valence-corrected chi connectivity index (χ0v) is 13.9. The first kappa shape index (κ1) is 17.9. The third-order valence-corrected chi connectivity index (χ3v) is 2.45. The van der Waals surface area contributed by atoms with Crippen molar-refractivity contribution in [1.29, 1.82) is 0 Å². The van der Waals surface area contributed by atoms with Crippen LogP contribution in [0.25, 0.3) is 0 Å². The van der Waals surface area contributed by atoms with Crippen LogP contribution >= 0.6 is 24.0 Å². The minimum absolute atomic E-state index is 0.